The van der Waals surface area contributed by atoms with E-state index in [1.807, 2.05) is 6.92 Å². The highest BCUT2D eigenvalue weighted by molar-refractivity contribution is 7.90. The number of carbonyl (C=O) groups is 1. The highest BCUT2D eigenvalue weighted by Crippen LogP contribution is 2.54. The fourth-order valence-corrected chi connectivity index (χ4v) is 4.84. The summed E-state index contributed by atoms with van der Waals surface area (Å²) in [5.41, 5.74) is 0.242. The van der Waals surface area contributed by atoms with Crippen LogP contribution in [0.5, 0.6) is 5.88 Å². The number of likely N-dealkylation sites (tertiary alicyclic amines) is 1. The fraction of sp³-hybridized carbons (Fsp3) is 0.522. The SMILES string of the molecule is Cc1c(Nc2ccc(S(C)(=O)=O)cc2F)ncnc1OC1CN(C(=O)OC2(C)CC2)CC12CC2. The summed E-state index contributed by atoms with van der Waals surface area (Å²) in [5.74, 6) is -0.0160. The van der Waals surface area contributed by atoms with Gasteiger partial charge in [0, 0.05) is 18.2 Å². The van der Waals surface area contributed by atoms with Crippen LogP contribution in [-0.4, -0.2) is 60.4 Å². The third kappa shape index (κ3) is 4.40. The molecular formula is C23H27FN4O5S. The first-order valence-electron chi connectivity index (χ1n) is 11.2. The van der Waals surface area contributed by atoms with Gasteiger partial charge in [-0.05, 0) is 57.7 Å². The molecule has 1 atom stereocenters. The molecule has 1 unspecified atom stereocenters. The van der Waals surface area contributed by atoms with E-state index in [2.05, 4.69) is 15.3 Å². The van der Waals surface area contributed by atoms with Gasteiger partial charge in [0.15, 0.2) is 9.84 Å². The van der Waals surface area contributed by atoms with E-state index < -0.39 is 15.7 Å². The predicted octanol–water partition coefficient (Wildman–Crippen LogP) is 3.60. The first-order valence-corrected chi connectivity index (χ1v) is 13.1. The van der Waals surface area contributed by atoms with Crippen molar-refractivity contribution in [2.45, 2.75) is 56.1 Å². The van der Waals surface area contributed by atoms with Gasteiger partial charge in [0.2, 0.25) is 5.88 Å². The lowest BCUT2D eigenvalue weighted by atomic mass is 10.0. The number of halogens is 1. The standard InChI is InChI=1S/C23H27FN4O5S/c1-14-19(27-17-5-4-15(10-16(17)24)34(3,30)31)25-13-26-20(14)32-18-11-28(12-23(18)8-9-23)21(29)33-22(2)6-7-22/h4-5,10,13,18H,6-9,11-12H2,1-3H3,(H,25,26,27). The summed E-state index contributed by atoms with van der Waals surface area (Å²) >= 11 is 0. The summed E-state index contributed by atoms with van der Waals surface area (Å²) in [6.45, 7) is 4.72. The van der Waals surface area contributed by atoms with E-state index in [0.717, 1.165) is 38.0 Å². The molecule has 2 saturated carbocycles. The van der Waals surface area contributed by atoms with Crippen LogP contribution in [0.2, 0.25) is 0 Å². The summed E-state index contributed by atoms with van der Waals surface area (Å²) < 4.78 is 49.7. The Morgan fingerprint density at radius 2 is 1.97 bits per heavy atom. The zero-order chi connectivity index (χ0) is 24.3. The number of nitrogens with one attached hydrogen (secondary N) is 1. The number of rotatable bonds is 6. The summed E-state index contributed by atoms with van der Waals surface area (Å²) in [6.07, 6.45) is 5.54. The Labute approximate surface area is 197 Å². The Hall–Kier alpha value is -2.95. The zero-order valence-electron chi connectivity index (χ0n) is 19.3. The van der Waals surface area contributed by atoms with Crippen LogP contribution in [0, 0.1) is 18.2 Å². The number of benzene rings is 1. The van der Waals surface area contributed by atoms with Gasteiger partial charge < -0.3 is 19.7 Å². The van der Waals surface area contributed by atoms with Gasteiger partial charge in [-0.2, -0.15) is 0 Å². The Kier molecular flexibility index (Phi) is 5.23. The molecule has 1 aliphatic heterocycles. The topological polar surface area (TPSA) is 111 Å². The molecule has 182 valence electrons. The van der Waals surface area contributed by atoms with E-state index in [1.54, 1.807) is 11.8 Å². The molecule has 2 aliphatic carbocycles. The number of nitrogens with zero attached hydrogens (tertiary/aromatic N) is 3. The Morgan fingerprint density at radius 3 is 2.59 bits per heavy atom. The van der Waals surface area contributed by atoms with Crippen molar-refractivity contribution in [1.29, 1.82) is 0 Å². The monoisotopic (exact) mass is 490 g/mol. The molecule has 0 radical (unpaired) electrons. The summed E-state index contributed by atoms with van der Waals surface area (Å²) in [4.78, 5) is 22.7. The quantitative estimate of drug-likeness (QED) is 0.654. The Morgan fingerprint density at radius 1 is 1.24 bits per heavy atom. The number of hydrogen-bond acceptors (Lipinski definition) is 8. The van der Waals surface area contributed by atoms with Crippen molar-refractivity contribution in [3.8, 4) is 5.88 Å². The van der Waals surface area contributed by atoms with Crippen molar-refractivity contribution in [1.82, 2.24) is 14.9 Å². The van der Waals surface area contributed by atoms with Crippen molar-refractivity contribution in [2.75, 3.05) is 24.7 Å². The average Bonchev–Trinajstić information content (AvgIpc) is 3.65. The normalized spacial score (nSPS) is 21.9. The lowest BCUT2D eigenvalue weighted by molar-refractivity contribution is 0.0612. The maximum atomic E-state index is 14.5. The summed E-state index contributed by atoms with van der Waals surface area (Å²) in [7, 11) is -3.52. The maximum Gasteiger partial charge on any atom is 0.410 e. The highest BCUT2D eigenvalue weighted by Gasteiger charge is 2.59. The minimum absolute atomic E-state index is 0.0853. The molecule has 3 fully saturated rings. The molecule has 1 N–H and O–H groups in total. The Bertz CT molecular complexity index is 1260. The molecule has 2 aromatic rings. The van der Waals surface area contributed by atoms with Gasteiger partial charge in [-0.25, -0.2) is 27.6 Å². The first kappa shape index (κ1) is 22.8. The van der Waals surface area contributed by atoms with Crippen LogP contribution in [0.25, 0.3) is 0 Å². The van der Waals surface area contributed by atoms with Crippen LogP contribution in [0.4, 0.5) is 20.7 Å². The molecule has 3 aliphatic rings. The molecule has 0 bridgehead atoms. The van der Waals surface area contributed by atoms with Gasteiger partial charge in [-0.3, -0.25) is 0 Å². The largest absolute Gasteiger partial charge is 0.471 e. The van der Waals surface area contributed by atoms with Crippen LogP contribution in [-0.2, 0) is 14.6 Å². The third-order valence-corrected chi connectivity index (χ3v) is 8.04. The lowest BCUT2D eigenvalue weighted by Crippen LogP contribution is -2.34. The average molecular weight is 491 g/mol. The van der Waals surface area contributed by atoms with Gasteiger partial charge in [-0.15, -0.1) is 0 Å². The number of carbonyl (C=O) groups excluding carboxylic acids is 1. The Balaban J connectivity index is 1.31. The minimum Gasteiger partial charge on any atom is -0.471 e. The van der Waals surface area contributed by atoms with Crippen molar-refractivity contribution >= 4 is 27.4 Å². The maximum absolute atomic E-state index is 14.5. The molecule has 11 heteroatoms. The predicted molar refractivity (Wildman–Crippen MR) is 121 cm³/mol. The van der Waals surface area contributed by atoms with Crippen molar-refractivity contribution in [3.63, 3.8) is 0 Å². The molecule has 1 amide bonds. The van der Waals surface area contributed by atoms with Crippen molar-refractivity contribution in [2.24, 2.45) is 5.41 Å². The van der Waals surface area contributed by atoms with Crippen LogP contribution < -0.4 is 10.1 Å². The van der Waals surface area contributed by atoms with Crippen LogP contribution in [0.3, 0.4) is 0 Å². The minimum atomic E-state index is -3.52. The molecule has 1 spiro atoms. The number of anilines is 2. The molecule has 2 heterocycles. The van der Waals surface area contributed by atoms with Gasteiger partial charge >= 0.3 is 6.09 Å². The van der Waals surface area contributed by atoms with E-state index in [1.165, 1.54) is 18.5 Å². The molecule has 9 nitrogen and oxygen atoms in total. The third-order valence-electron chi connectivity index (χ3n) is 6.93. The number of hydrogen-bond donors (Lipinski definition) is 1. The van der Waals surface area contributed by atoms with E-state index in [0.29, 0.717) is 30.4 Å². The van der Waals surface area contributed by atoms with Crippen molar-refractivity contribution in [3.05, 3.63) is 35.9 Å². The van der Waals surface area contributed by atoms with Crippen LogP contribution in [0.15, 0.2) is 29.4 Å². The first-order chi connectivity index (χ1) is 16.0. The molecule has 5 rings (SSSR count). The molecular weight excluding hydrogens is 463 g/mol. The summed E-state index contributed by atoms with van der Waals surface area (Å²) in [5, 5.41) is 2.90. The number of amides is 1. The van der Waals surface area contributed by atoms with E-state index in [4.69, 9.17) is 9.47 Å². The fourth-order valence-electron chi connectivity index (χ4n) is 4.20. The van der Waals surface area contributed by atoms with E-state index in [9.17, 15) is 17.6 Å². The smallest absolute Gasteiger partial charge is 0.410 e. The molecule has 1 aromatic heterocycles. The van der Waals surface area contributed by atoms with Gasteiger partial charge in [0.25, 0.3) is 0 Å². The number of sulfone groups is 1. The van der Waals surface area contributed by atoms with E-state index in [-0.39, 0.29) is 33.8 Å². The number of ether oxygens (including phenoxy) is 2. The van der Waals surface area contributed by atoms with E-state index >= 15 is 0 Å². The molecule has 34 heavy (non-hydrogen) atoms. The van der Waals surface area contributed by atoms with Gasteiger partial charge in [0.05, 0.1) is 22.7 Å². The second-order valence-corrected chi connectivity index (χ2v) is 11.9. The molecule has 1 saturated heterocycles. The summed E-state index contributed by atoms with van der Waals surface area (Å²) in [6, 6.07) is 3.66. The van der Waals surface area contributed by atoms with Gasteiger partial charge in [0.1, 0.15) is 29.7 Å². The van der Waals surface area contributed by atoms with Crippen LogP contribution >= 0.6 is 0 Å². The second kappa shape index (κ2) is 7.79. The molecule has 1 aromatic carbocycles. The van der Waals surface area contributed by atoms with Crippen LogP contribution in [0.1, 0.15) is 38.2 Å². The second-order valence-electron chi connectivity index (χ2n) is 9.86. The lowest BCUT2D eigenvalue weighted by Gasteiger charge is -2.20. The van der Waals surface area contributed by atoms with Crippen molar-refractivity contribution < 1.29 is 27.1 Å². The zero-order valence-corrected chi connectivity index (χ0v) is 20.1. The van der Waals surface area contributed by atoms with Gasteiger partial charge in [-0.1, -0.05) is 0 Å². The highest BCUT2D eigenvalue weighted by atomic mass is 32.2. The number of aromatic nitrogens is 2.